The number of nitrogens with zero attached hydrogens (tertiary/aromatic N) is 2. The molecule has 2 heterocycles. The quantitative estimate of drug-likeness (QED) is 0.823. The maximum Gasteiger partial charge on any atom is 0.137 e. The number of fused-ring (bicyclic) bond motifs is 1. The van der Waals surface area contributed by atoms with E-state index in [0.29, 0.717) is 6.54 Å². The summed E-state index contributed by atoms with van der Waals surface area (Å²) in [6.07, 6.45) is 5.04. The Morgan fingerprint density at radius 1 is 1.50 bits per heavy atom. The molecule has 2 rings (SSSR count). The minimum Gasteiger partial charge on any atom is -0.325 e. The fourth-order valence-electron chi connectivity index (χ4n) is 1.39. The monoisotopic (exact) mass is 211 g/mol. The van der Waals surface area contributed by atoms with Crippen LogP contribution < -0.4 is 5.73 Å². The molecule has 2 N–H and O–H groups in total. The number of halogens is 1. The molecule has 0 bridgehead atoms. The van der Waals surface area contributed by atoms with Crippen LogP contribution in [0.5, 0.6) is 0 Å². The molecular formula is C10H14ClN3. The molecule has 0 unspecified atom stereocenters. The van der Waals surface area contributed by atoms with Crippen LogP contribution in [-0.4, -0.2) is 9.38 Å². The zero-order valence-corrected chi connectivity index (χ0v) is 8.92. The van der Waals surface area contributed by atoms with Gasteiger partial charge in [-0.1, -0.05) is 6.92 Å². The van der Waals surface area contributed by atoms with Crippen LogP contribution in [0.1, 0.15) is 18.2 Å². The summed E-state index contributed by atoms with van der Waals surface area (Å²) in [7, 11) is 0. The molecule has 0 fully saturated rings. The third kappa shape index (κ3) is 1.89. The molecule has 3 nitrogen and oxygen atoms in total. The number of aromatic nitrogens is 2. The summed E-state index contributed by atoms with van der Waals surface area (Å²) >= 11 is 0. The summed E-state index contributed by atoms with van der Waals surface area (Å²) in [6.45, 7) is 2.64. The standard InChI is InChI=1S/C10H13N3.ClH/c1-2-8-3-4-13-7-9(6-11)12-10(13)5-8;/h3-5,7H,2,6,11H2,1H3;1H. The highest BCUT2D eigenvalue weighted by molar-refractivity contribution is 5.85. The van der Waals surface area contributed by atoms with Gasteiger partial charge in [-0.25, -0.2) is 4.98 Å². The van der Waals surface area contributed by atoms with Gasteiger partial charge in [-0.15, -0.1) is 12.4 Å². The Hall–Kier alpha value is -1.06. The lowest BCUT2D eigenvalue weighted by Crippen LogP contribution is -1.95. The number of pyridine rings is 1. The van der Waals surface area contributed by atoms with E-state index in [-0.39, 0.29) is 12.4 Å². The molecule has 76 valence electrons. The maximum absolute atomic E-state index is 5.51. The van der Waals surface area contributed by atoms with Gasteiger partial charge in [-0.3, -0.25) is 0 Å². The first-order valence-corrected chi connectivity index (χ1v) is 4.50. The van der Waals surface area contributed by atoms with E-state index in [1.54, 1.807) is 0 Å². The lowest BCUT2D eigenvalue weighted by atomic mass is 10.2. The van der Waals surface area contributed by atoms with Gasteiger partial charge in [0.15, 0.2) is 0 Å². The molecule has 0 aliphatic heterocycles. The molecule has 0 aliphatic carbocycles. The van der Waals surface area contributed by atoms with Crippen LogP contribution in [0.2, 0.25) is 0 Å². The van der Waals surface area contributed by atoms with Crippen molar-refractivity contribution >= 4 is 18.1 Å². The second kappa shape index (κ2) is 4.44. The Morgan fingerprint density at radius 2 is 2.29 bits per heavy atom. The summed E-state index contributed by atoms with van der Waals surface area (Å²) in [5.74, 6) is 0. The number of rotatable bonds is 2. The van der Waals surface area contributed by atoms with Crippen LogP contribution >= 0.6 is 12.4 Å². The first-order chi connectivity index (χ1) is 6.33. The third-order valence-electron chi connectivity index (χ3n) is 2.19. The van der Waals surface area contributed by atoms with Crippen LogP contribution in [0.15, 0.2) is 24.5 Å². The van der Waals surface area contributed by atoms with Gasteiger partial charge in [0.05, 0.1) is 5.69 Å². The number of hydrogen-bond donors (Lipinski definition) is 1. The Balaban J connectivity index is 0.000000980. The first-order valence-electron chi connectivity index (χ1n) is 4.50. The van der Waals surface area contributed by atoms with E-state index < -0.39 is 0 Å². The average molecular weight is 212 g/mol. The minimum atomic E-state index is 0. The van der Waals surface area contributed by atoms with Crippen LogP contribution in [0.3, 0.4) is 0 Å². The first kappa shape index (κ1) is 11.0. The SMILES string of the molecule is CCc1ccn2cc(CN)nc2c1.Cl. The molecule has 0 atom stereocenters. The molecule has 0 spiro atoms. The van der Waals surface area contributed by atoms with E-state index in [2.05, 4.69) is 24.0 Å². The van der Waals surface area contributed by atoms with E-state index >= 15 is 0 Å². The van der Waals surface area contributed by atoms with E-state index in [1.165, 1.54) is 5.56 Å². The summed E-state index contributed by atoms with van der Waals surface area (Å²) in [4.78, 5) is 4.38. The molecule has 4 heteroatoms. The fourth-order valence-corrected chi connectivity index (χ4v) is 1.39. The lowest BCUT2D eigenvalue weighted by molar-refractivity contribution is 1.02. The fraction of sp³-hybridized carbons (Fsp3) is 0.300. The van der Waals surface area contributed by atoms with Crippen LogP contribution in [0.25, 0.3) is 5.65 Å². The lowest BCUT2D eigenvalue weighted by Gasteiger charge is -1.96. The number of hydrogen-bond acceptors (Lipinski definition) is 2. The van der Waals surface area contributed by atoms with Gasteiger partial charge in [0.1, 0.15) is 5.65 Å². The largest absolute Gasteiger partial charge is 0.325 e. The summed E-state index contributed by atoms with van der Waals surface area (Å²) < 4.78 is 2.00. The van der Waals surface area contributed by atoms with E-state index in [9.17, 15) is 0 Å². The van der Waals surface area contributed by atoms with Gasteiger partial charge in [0.25, 0.3) is 0 Å². The van der Waals surface area contributed by atoms with Crippen LogP contribution in [0, 0.1) is 0 Å². The van der Waals surface area contributed by atoms with Gasteiger partial charge in [0.2, 0.25) is 0 Å². The normalized spacial score (nSPS) is 10.1. The third-order valence-corrected chi connectivity index (χ3v) is 2.19. The predicted molar refractivity (Wildman–Crippen MR) is 59.7 cm³/mol. The van der Waals surface area contributed by atoms with Crippen molar-refractivity contribution in [1.29, 1.82) is 0 Å². The van der Waals surface area contributed by atoms with Crippen molar-refractivity contribution < 1.29 is 0 Å². The molecule has 2 aromatic heterocycles. The highest BCUT2D eigenvalue weighted by Crippen LogP contribution is 2.08. The highest BCUT2D eigenvalue weighted by atomic mass is 35.5. The average Bonchev–Trinajstić information content (AvgIpc) is 2.58. The Labute approximate surface area is 89.4 Å². The zero-order valence-electron chi connectivity index (χ0n) is 8.10. The van der Waals surface area contributed by atoms with Crippen molar-refractivity contribution in [2.24, 2.45) is 5.73 Å². The van der Waals surface area contributed by atoms with Crippen molar-refractivity contribution in [3.05, 3.63) is 35.8 Å². The molecule has 2 aromatic rings. The second-order valence-electron chi connectivity index (χ2n) is 3.09. The topological polar surface area (TPSA) is 43.3 Å². The van der Waals surface area contributed by atoms with Gasteiger partial charge in [-0.05, 0) is 24.1 Å². The number of nitrogens with two attached hydrogens (primary N) is 1. The number of aryl methyl sites for hydroxylation is 1. The van der Waals surface area contributed by atoms with E-state index in [0.717, 1.165) is 17.8 Å². The molecule has 14 heavy (non-hydrogen) atoms. The van der Waals surface area contributed by atoms with Crippen molar-refractivity contribution in [1.82, 2.24) is 9.38 Å². The van der Waals surface area contributed by atoms with Crippen molar-refractivity contribution in [2.75, 3.05) is 0 Å². The Morgan fingerprint density at radius 3 is 2.93 bits per heavy atom. The second-order valence-corrected chi connectivity index (χ2v) is 3.09. The molecule has 0 saturated carbocycles. The van der Waals surface area contributed by atoms with Crippen LogP contribution in [-0.2, 0) is 13.0 Å². The summed E-state index contributed by atoms with van der Waals surface area (Å²) in [5.41, 5.74) is 8.74. The molecule has 0 amide bonds. The van der Waals surface area contributed by atoms with Gasteiger partial charge < -0.3 is 10.1 Å². The van der Waals surface area contributed by atoms with Gasteiger partial charge >= 0.3 is 0 Å². The number of imidazole rings is 1. The van der Waals surface area contributed by atoms with Gasteiger partial charge in [-0.2, -0.15) is 0 Å². The molecule has 0 aromatic carbocycles. The summed E-state index contributed by atoms with van der Waals surface area (Å²) in [6, 6.07) is 4.20. The molecule has 0 saturated heterocycles. The highest BCUT2D eigenvalue weighted by Gasteiger charge is 1.99. The van der Waals surface area contributed by atoms with Crippen molar-refractivity contribution in [3.63, 3.8) is 0 Å². The molecule has 0 radical (unpaired) electrons. The zero-order chi connectivity index (χ0) is 9.26. The van der Waals surface area contributed by atoms with Crippen molar-refractivity contribution in [3.8, 4) is 0 Å². The molecule has 0 aliphatic rings. The van der Waals surface area contributed by atoms with Crippen LogP contribution in [0.4, 0.5) is 0 Å². The Bertz CT molecular complexity index is 420. The van der Waals surface area contributed by atoms with Crippen molar-refractivity contribution in [2.45, 2.75) is 19.9 Å². The smallest absolute Gasteiger partial charge is 0.137 e. The predicted octanol–water partition coefficient (Wildman–Crippen LogP) is 1.78. The minimum absolute atomic E-state index is 0. The van der Waals surface area contributed by atoms with E-state index in [1.807, 2.05) is 16.8 Å². The van der Waals surface area contributed by atoms with E-state index in [4.69, 9.17) is 5.73 Å². The van der Waals surface area contributed by atoms with Gasteiger partial charge in [0, 0.05) is 18.9 Å². The molecular weight excluding hydrogens is 198 g/mol. The summed E-state index contributed by atoms with van der Waals surface area (Å²) in [5, 5.41) is 0. The maximum atomic E-state index is 5.51. The Kier molecular flexibility index (Phi) is 3.49.